The van der Waals surface area contributed by atoms with Gasteiger partial charge in [-0.25, -0.2) is 13.1 Å². The Hall–Kier alpha value is -0.470. The van der Waals surface area contributed by atoms with Crippen molar-refractivity contribution in [2.24, 2.45) is 0 Å². The molecule has 0 aliphatic rings. The number of sulfonamides is 1. The number of hydrogen-bond donors (Lipinski definition) is 3. The number of hydrogen-bond acceptors (Lipinski definition) is 5. The summed E-state index contributed by atoms with van der Waals surface area (Å²) in [5.41, 5.74) is -1.45. The molecule has 0 aliphatic heterocycles. The zero-order valence-electron chi connectivity index (χ0n) is 10.0. The number of thiophene rings is 1. The van der Waals surface area contributed by atoms with Crippen LogP contribution in [0.3, 0.4) is 0 Å². The van der Waals surface area contributed by atoms with Crippen LogP contribution in [0.25, 0.3) is 0 Å². The average Bonchev–Trinajstić information content (AvgIpc) is 2.56. The van der Waals surface area contributed by atoms with E-state index < -0.39 is 22.2 Å². The lowest BCUT2D eigenvalue weighted by molar-refractivity contribution is 0.00681. The smallest absolute Gasteiger partial charge is 0.241 e. The SMILES string of the molecule is Cc1cc(S(=O)(=O)NCC(C)(O)CO)c(C)s1. The fraction of sp³-hybridized carbons (Fsp3) is 0.600. The molecule has 1 aromatic rings. The summed E-state index contributed by atoms with van der Waals surface area (Å²) in [6.07, 6.45) is 0. The molecular weight excluding hydrogens is 262 g/mol. The van der Waals surface area contributed by atoms with E-state index in [9.17, 15) is 13.5 Å². The molecule has 0 saturated carbocycles. The van der Waals surface area contributed by atoms with Crippen LogP contribution in [-0.4, -0.2) is 37.4 Å². The van der Waals surface area contributed by atoms with Crippen LogP contribution in [0.5, 0.6) is 0 Å². The lowest BCUT2D eigenvalue weighted by Gasteiger charge is -2.20. The lowest BCUT2D eigenvalue weighted by Crippen LogP contribution is -2.43. The van der Waals surface area contributed by atoms with Gasteiger partial charge in [-0.2, -0.15) is 0 Å². The van der Waals surface area contributed by atoms with Crippen LogP contribution in [0, 0.1) is 13.8 Å². The summed E-state index contributed by atoms with van der Waals surface area (Å²) >= 11 is 1.40. The Morgan fingerprint density at radius 2 is 2.06 bits per heavy atom. The van der Waals surface area contributed by atoms with E-state index in [2.05, 4.69) is 4.72 Å². The molecule has 0 aliphatic carbocycles. The first-order chi connectivity index (χ1) is 7.68. The molecule has 1 atom stereocenters. The minimum atomic E-state index is -3.62. The van der Waals surface area contributed by atoms with Gasteiger partial charge in [-0.1, -0.05) is 0 Å². The zero-order chi connectivity index (χ0) is 13.3. The topological polar surface area (TPSA) is 86.6 Å². The Labute approximate surface area is 105 Å². The quantitative estimate of drug-likeness (QED) is 0.727. The van der Waals surface area contributed by atoms with Gasteiger partial charge >= 0.3 is 0 Å². The second kappa shape index (κ2) is 5.03. The first kappa shape index (κ1) is 14.6. The van der Waals surface area contributed by atoms with E-state index in [0.717, 1.165) is 4.88 Å². The molecule has 98 valence electrons. The number of aliphatic hydroxyl groups excluding tert-OH is 1. The molecule has 0 radical (unpaired) electrons. The highest BCUT2D eigenvalue weighted by molar-refractivity contribution is 7.89. The number of aliphatic hydroxyl groups is 2. The van der Waals surface area contributed by atoms with Crippen molar-refractivity contribution in [3.05, 3.63) is 15.8 Å². The molecule has 0 aromatic carbocycles. The first-order valence-electron chi connectivity index (χ1n) is 5.08. The fourth-order valence-corrected chi connectivity index (χ4v) is 3.97. The monoisotopic (exact) mass is 279 g/mol. The molecule has 0 amide bonds. The van der Waals surface area contributed by atoms with Crippen LogP contribution in [0.15, 0.2) is 11.0 Å². The van der Waals surface area contributed by atoms with E-state index in [1.54, 1.807) is 13.0 Å². The highest BCUT2D eigenvalue weighted by Crippen LogP contribution is 2.24. The van der Waals surface area contributed by atoms with Crippen molar-refractivity contribution < 1.29 is 18.6 Å². The van der Waals surface area contributed by atoms with Gasteiger partial charge in [-0.3, -0.25) is 0 Å². The van der Waals surface area contributed by atoms with Crippen molar-refractivity contribution in [3.63, 3.8) is 0 Å². The predicted octanol–water partition coefficient (Wildman–Crippen LogP) is 0.387. The molecular formula is C10H17NO4S2. The van der Waals surface area contributed by atoms with Crippen LogP contribution in [-0.2, 0) is 10.0 Å². The van der Waals surface area contributed by atoms with E-state index >= 15 is 0 Å². The molecule has 7 heteroatoms. The third kappa shape index (κ3) is 3.75. The molecule has 1 unspecified atom stereocenters. The number of aryl methyl sites for hydroxylation is 2. The van der Waals surface area contributed by atoms with Gasteiger partial charge in [-0.15, -0.1) is 11.3 Å². The van der Waals surface area contributed by atoms with Gasteiger partial charge in [0.1, 0.15) is 0 Å². The first-order valence-corrected chi connectivity index (χ1v) is 7.38. The van der Waals surface area contributed by atoms with E-state index in [4.69, 9.17) is 5.11 Å². The zero-order valence-corrected chi connectivity index (χ0v) is 11.7. The molecule has 5 nitrogen and oxygen atoms in total. The normalized spacial score (nSPS) is 15.8. The maximum Gasteiger partial charge on any atom is 0.241 e. The molecule has 1 rings (SSSR count). The minimum Gasteiger partial charge on any atom is -0.393 e. The van der Waals surface area contributed by atoms with Crippen LogP contribution < -0.4 is 4.72 Å². The molecule has 0 spiro atoms. The summed E-state index contributed by atoms with van der Waals surface area (Å²) in [6, 6.07) is 1.59. The largest absolute Gasteiger partial charge is 0.393 e. The van der Waals surface area contributed by atoms with Crippen LogP contribution in [0.2, 0.25) is 0 Å². The van der Waals surface area contributed by atoms with E-state index in [0.29, 0.717) is 4.88 Å². The van der Waals surface area contributed by atoms with Crippen LogP contribution in [0.1, 0.15) is 16.7 Å². The molecule has 1 aromatic heterocycles. The Morgan fingerprint density at radius 1 is 1.47 bits per heavy atom. The van der Waals surface area contributed by atoms with Gasteiger partial charge in [0.25, 0.3) is 0 Å². The fourth-order valence-electron chi connectivity index (χ4n) is 1.26. The van der Waals surface area contributed by atoms with Gasteiger partial charge in [-0.05, 0) is 26.8 Å². The van der Waals surface area contributed by atoms with Gasteiger partial charge in [0.15, 0.2) is 0 Å². The lowest BCUT2D eigenvalue weighted by atomic mass is 10.1. The molecule has 1 heterocycles. The second-order valence-electron chi connectivity index (χ2n) is 4.26. The average molecular weight is 279 g/mol. The maximum absolute atomic E-state index is 11.9. The molecule has 17 heavy (non-hydrogen) atoms. The molecule has 3 N–H and O–H groups in total. The summed E-state index contributed by atoms with van der Waals surface area (Å²) in [4.78, 5) is 1.85. The van der Waals surface area contributed by atoms with Crippen molar-refractivity contribution in [1.29, 1.82) is 0 Å². The number of nitrogens with one attached hydrogen (secondary N) is 1. The molecule has 0 bridgehead atoms. The van der Waals surface area contributed by atoms with Crippen molar-refractivity contribution in [1.82, 2.24) is 4.72 Å². The summed E-state index contributed by atoms with van der Waals surface area (Å²) in [5.74, 6) is 0. The van der Waals surface area contributed by atoms with E-state index in [-0.39, 0.29) is 11.4 Å². The van der Waals surface area contributed by atoms with Crippen LogP contribution in [0.4, 0.5) is 0 Å². The Balaban J connectivity index is 2.87. The van der Waals surface area contributed by atoms with Crippen molar-refractivity contribution >= 4 is 21.4 Å². The Bertz CT molecular complexity index is 490. The van der Waals surface area contributed by atoms with Crippen molar-refractivity contribution in [2.75, 3.05) is 13.2 Å². The minimum absolute atomic E-state index is 0.222. The highest BCUT2D eigenvalue weighted by atomic mass is 32.2. The standard InChI is InChI=1S/C10H17NO4S2/c1-7-4-9(8(2)16-7)17(14,15)11-5-10(3,13)6-12/h4,11-13H,5-6H2,1-3H3. The van der Waals surface area contributed by atoms with Gasteiger partial charge < -0.3 is 10.2 Å². The molecule has 0 saturated heterocycles. The third-order valence-corrected chi connectivity index (χ3v) is 4.89. The number of rotatable bonds is 5. The van der Waals surface area contributed by atoms with Crippen molar-refractivity contribution in [2.45, 2.75) is 31.3 Å². The summed E-state index contributed by atoms with van der Waals surface area (Å²) in [7, 11) is -3.62. The van der Waals surface area contributed by atoms with E-state index in [1.165, 1.54) is 18.3 Å². The Kier molecular flexibility index (Phi) is 4.32. The van der Waals surface area contributed by atoms with E-state index in [1.807, 2.05) is 6.92 Å². The predicted molar refractivity (Wildman–Crippen MR) is 66.7 cm³/mol. The summed E-state index contributed by atoms with van der Waals surface area (Å²) < 4.78 is 26.2. The highest BCUT2D eigenvalue weighted by Gasteiger charge is 2.25. The molecule has 0 fully saturated rings. The summed E-state index contributed by atoms with van der Waals surface area (Å²) in [5, 5.41) is 18.4. The second-order valence-corrected chi connectivity index (χ2v) is 7.45. The van der Waals surface area contributed by atoms with Gasteiger partial charge in [0.2, 0.25) is 10.0 Å². The third-order valence-electron chi connectivity index (χ3n) is 2.27. The van der Waals surface area contributed by atoms with Gasteiger partial charge in [0, 0.05) is 16.3 Å². The van der Waals surface area contributed by atoms with Crippen molar-refractivity contribution in [3.8, 4) is 0 Å². The maximum atomic E-state index is 11.9. The Morgan fingerprint density at radius 3 is 2.47 bits per heavy atom. The summed E-state index contributed by atoms with van der Waals surface area (Å²) in [6.45, 7) is 4.20. The van der Waals surface area contributed by atoms with Crippen LogP contribution >= 0.6 is 11.3 Å². The van der Waals surface area contributed by atoms with Gasteiger partial charge in [0.05, 0.1) is 17.1 Å².